The molecule has 3 rings (SSSR count). The minimum Gasteiger partial charge on any atom is -0.481 e. The summed E-state index contributed by atoms with van der Waals surface area (Å²) in [5.41, 5.74) is 0.892. The fourth-order valence-corrected chi connectivity index (χ4v) is 4.50. The molecule has 152 valence electrons. The molecule has 0 aromatic heterocycles. The minimum absolute atomic E-state index is 0.131. The number of benzene rings is 1. The normalized spacial score (nSPS) is 20.0. The van der Waals surface area contributed by atoms with Gasteiger partial charge in [-0.1, -0.05) is 0 Å². The van der Waals surface area contributed by atoms with Crippen molar-refractivity contribution < 1.29 is 27.8 Å². The maximum absolute atomic E-state index is 12.5. The van der Waals surface area contributed by atoms with Gasteiger partial charge >= 0.3 is 12.3 Å². The van der Waals surface area contributed by atoms with Crippen LogP contribution in [-0.2, 0) is 4.79 Å². The Morgan fingerprint density at radius 2 is 1.86 bits per heavy atom. The molecule has 8 heteroatoms. The summed E-state index contributed by atoms with van der Waals surface area (Å²) in [5, 5.41) is 18.1. The van der Waals surface area contributed by atoms with Crippen LogP contribution in [0.25, 0.3) is 0 Å². The summed E-state index contributed by atoms with van der Waals surface area (Å²) in [6.07, 6.45) is 1.09. The Morgan fingerprint density at radius 1 is 1.21 bits per heavy atom. The second kappa shape index (κ2) is 7.90. The van der Waals surface area contributed by atoms with Crippen LogP contribution in [0, 0.1) is 22.7 Å². The fourth-order valence-electron chi connectivity index (χ4n) is 4.50. The lowest BCUT2D eigenvalue weighted by atomic mass is 9.65. The largest absolute Gasteiger partial charge is 0.573 e. The smallest absolute Gasteiger partial charge is 0.481 e. The van der Waals surface area contributed by atoms with Crippen molar-refractivity contribution in [2.45, 2.75) is 51.3 Å². The average molecular weight is 396 g/mol. The van der Waals surface area contributed by atoms with Gasteiger partial charge in [0.2, 0.25) is 0 Å². The van der Waals surface area contributed by atoms with E-state index in [2.05, 4.69) is 4.74 Å². The summed E-state index contributed by atoms with van der Waals surface area (Å²) in [4.78, 5) is 12.9. The number of nitrogens with zero attached hydrogens (tertiary/aromatic N) is 2. The molecule has 0 bridgehead atoms. The van der Waals surface area contributed by atoms with Gasteiger partial charge in [-0.25, -0.2) is 0 Å². The maximum Gasteiger partial charge on any atom is 0.573 e. The van der Waals surface area contributed by atoms with Crippen molar-refractivity contribution in [3.05, 3.63) is 23.8 Å². The zero-order valence-electron chi connectivity index (χ0n) is 15.5. The molecule has 1 spiro atoms. The number of carboxylic acids is 1. The molecular weight excluding hydrogens is 373 g/mol. The molecule has 0 atom stereocenters. The van der Waals surface area contributed by atoms with Crippen molar-refractivity contribution in [3.63, 3.8) is 0 Å². The van der Waals surface area contributed by atoms with Crippen molar-refractivity contribution in [2.24, 2.45) is 11.3 Å². The number of ether oxygens (including phenoxy) is 1. The average Bonchev–Trinajstić information content (AvgIpc) is 2.62. The quantitative estimate of drug-likeness (QED) is 0.798. The Hall–Kier alpha value is -2.43. The predicted molar refractivity (Wildman–Crippen MR) is 95.9 cm³/mol. The Balaban J connectivity index is 1.64. The summed E-state index contributed by atoms with van der Waals surface area (Å²) in [5.74, 6) is -0.878. The van der Waals surface area contributed by atoms with Crippen LogP contribution in [0.1, 0.15) is 50.5 Å². The number of aliphatic carboxylic acids is 1. The number of carbonyl (C=O) groups is 1. The van der Waals surface area contributed by atoms with Crippen LogP contribution in [0.2, 0.25) is 0 Å². The van der Waals surface area contributed by atoms with E-state index >= 15 is 0 Å². The van der Waals surface area contributed by atoms with E-state index < -0.39 is 12.3 Å². The Kier molecular flexibility index (Phi) is 5.73. The number of halogens is 3. The molecule has 1 aromatic carbocycles. The van der Waals surface area contributed by atoms with Gasteiger partial charge in [-0.15, -0.1) is 13.2 Å². The molecule has 5 nitrogen and oxygen atoms in total. The van der Waals surface area contributed by atoms with E-state index in [1.807, 2.05) is 11.0 Å². The molecular formula is C20H23F3N2O3. The summed E-state index contributed by atoms with van der Waals surface area (Å²) in [6.45, 7) is 1.40. The molecule has 1 saturated heterocycles. The number of hydrogen-bond donors (Lipinski definition) is 1. The van der Waals surface area contributed by atoms with Crippen molar-refractivity contribution in [3.8, 4) is 11.8 Å². The first kappa shape index (κ1) is 20.3. The molecule has 1 aromatic rings. The molecule has 0 radical (unpaired) electrons. The number of alkyl halides is 3. The predicted octanol–water partition coefficient (Wildman–Crippen LogP) is 4.71. The lowest BCUT2D eigenvalue weighted by Crippen LogP contribution is -2.42. The second-order valence-corrected chi connectivity index (χ2v) is 7.90. The third kappa shape index (κ3) is 5.09. The zero-order chi connectivity index (χ0) is 20.4. The highest BCUT2D eigenvalue weighted by molar-refractivity contribution is 5.67. The SMILES string of the molecule is N#Cc1cc(OC(F)(F)F)cc(N2CCC3(CCC(CC(=O)O)CC3)CC2)c1. The molecule has 28 heavy (non-hydrogen) atoms. The van der Waals surface area contributed by atoms with Crippen LogP contribution in [-0.4, -0.2) is 30.5 Å². The molecule has 2 aliphatic rings. The number of carboxylic acid groups (broad SMARTS) is 1. The lowest BCUT2D eigenvalue weighted by Gasteiger charge is -2.46. The van der Waals surface area contributed by atoms with E-state index in [4.69, 9.17) is 10.4 Å². The van der Waals surface area contributed by atoms with Crippen LogP contribution >= 0.6 is 0 Å². The van der Waals surface area contributed by atoms with Crippen LogP contribution in [0.3, 0.4) is 0 Å². The number of rotatable bonds is 4. The molecule has 1 aliphatic carbocycles. The van der Waals surface area contributed by atoms with E-state index in [1.165, 1.54) is 6.07 Å². The fraction of sp³-hybridized carbons (Fsp3) is 0.600. The summed E-state index contributed by atoms with van der Waals surface area (Å²) < 4.78 is 41.6. The van der Waals surface area contributed by atoms with Crippen LogP contribution < -0.4 is 9.64 Å². The number of nitriles is 1. The Labute approximate surface area is 161 Å². The van der Waals surface area contributed by atoms with Crippen LogP contribution in [0.5, 0.6) is 5.75 Å². The first-order valence-electron chi connectivity index (χ1n) is 9.46. The van der Waals surface area contributed by atoms with Crippen LogP contribution in [0.15, 0.2) is 18.2 Å². The third-order valence-electron chi connectivity index (χ3n) is 6.07. The van der Waals surface area contributed by atoms with E-state index in [1.54, 1.807) is 6.07 Å². The third-order valence-corrected chi connectivity index (χ3v) is 6.07. The van der Waals surface area contributed by atoms with E-state index in [9.17, 15) is 18.0 Å². The summed E-state index contributed by atoms with van der Waals surface area (Å²) in [7, 11) is 0. The van der Waals surface area contributed by atoms with Gasteiger partial charge in [-0.3, -0.25) is 4.79 Å². The van der Waals surface area contributed by atoms with Crippen molar-refractivity contribution in [1.29, 1.82) is 5.26 Å². The first-order chi connectivity index (χ1) is 13.2. The highest BCUT2D eigenvalue weighted by atomic mass is 19.4. The topological polar surface area (TPSA) is 73.6 Å². The van der Waals surface area contributed by atoms with E-state index in [0.717, 1.165) is 44.6 Å². The van der Waals surface area contributed by atoms with Gasteiger partial charge in [-0.05, 0) is 62.0 Å². The van der Waals surface area contributed by atoms with Crippen molar-refractivity contribution in [2.75, 3.05) is 18.0 Å². The molecule has 0 amide bonds. The molecule has 1 saturated carbocycles. The monoisotopic (exact) mass is 396 g/mol. The highest BCUT2D eigenvalue weighted by Crippen LogP contribution is 2.47. The zero-order valence-corrected chi connectivity index (χ0v) is 15.5. The lowest BCUT2D eigenvalue weighted by molar-refractivity contribution is -0.274. The van der Waals surface area contributed by atoms with Gasteiger partial charge in [0.15, 0.2) is 0 Å². The molecule has 1 heterocycles. The molecule has 1 aliphatic heterocycles. The Bertz CT molecular complexity index is 755. The number of anilines is 1. The van der Waals surface area contributed by atoms with E-state index in [0.29, 0.717) is 18.8 Å². The standard InChI is InChI=1S/C20H23F3N2O3/c21-20(22,23)28-17-10-15(13-24)9-16(12-17)25-7-5-19(6-8-25)3-1-14(2-4-19)11-18(26)27/h9-10,12,14H,1-8,11H2,(H,26,27). The highest BCUT2D eigenvalue weighted by Gasteiger charge is 2.38. The summed E-state index contributed by atoms with van der Waals surface area (Å²) in [6, 6.07) is 5.90. The molecule has 1 N–H and O–H groups in total. The number of piperidine rings is 1. The van der Waals surface area contributed by atoms with Gasteiger partial charge in [0, 0.05) is 31.3 Å². The summed E-state index contributed by atoms with van der Waals surface area (Å²) >= 11 is 0. The van der Waals surface area contributed by atoms with Gasteiger partial charge < -0.3 is 14.7 Å². The van der Waals surface area contributed by atoms with Crippen molar-refractivity contribution >= 4 is 11.7 Å². The van der Waals surface area contributed by atoms with Gasteiger partial charge in [0.1, 0.15) is 5.75 Å². The van der Waals surface area contributed by atoms with E-state index in [-0.39, 0.29) is 29.1 Å². The van der Waals surface area contributed by atoms with Gasteiger partial charge in [-0.2, -0.15) is 5.26 Å². The number of hydrogen-bond acceptors (Lipinski definition) is 4. The van der Waals surface area contributed by atoms with Crippen LogP contribution in [0.4, 0.5) is 18.9 Å². The Morgan fingerprint density at radius 3 is 2.39 bits per heavy atom. The van der Waals surface area contributed by atoms with Crippen molar-refractivity contribution in [1.82, 2.24) is 0 Å². The molecule has 2 fully saturated rings. The van der Waals surface area contributed by atoms with Gasteiger partial charge in [0.05, 0.1) is 11.6 Å². The first-order valence-corrected chi connectivity index (χ1v) is 9.46. The minimum atomic E-state index is -4.80. The second-order valence-electron chi connectivity index (χ2n) is 7.90. The molecule has 0 unspecified atom stereocenters. The van der Waals surface area contributed by atoms with Gasteiger partial charge in [0.25, 0.3) is 0 Å². The maximum atomic E-state index is 12.5.